The van der Waals surface area contributed by atoms with Crippen LogP contribution in [0.25, 0.3) is 0 Å². The van der Waals surface area contributed by atoms with Gasteiger partial charge in [0.25, 0.3) is 11.6 Å². The molecule has 1 amide bonds. The minimum atomic E-state index is -0.416. The van der Waals surface area contributed by atoms with Crippen molar-refractivity contribution in [1.29, 1.82) is 0 Å². The highest BCUT2D eigenvalue weighted by Crippen LogP contribution is 2.33. The number of anilines is 3. The zero-order chi connectivity index (χ0) is 27.4. The molecular weight excluding hydrogens is 537 g/mol. The number of rotatable bonds is 7. The van der Waals surface area contributed by atoms with Crippen molar-refractivity contribution in [2.24, 2.45) is 0 Å². The number of halogens is 2. The van der Waals surface area contributed by atoms with Gasteiger partial charge >= 0.3 is 0 Å². The molecule has 0 bridgehead atoms. The highest BCUT2D eigenvalue weighted by molar-refractivity contribution is 6.33. The number of carbonyl (C=O) groups is 1. The summed E-state index contributed by atoms with van der Waals surface area (Å²) in [5.74, 6) is -0.416. The number of amides is 1. The molecular formula is C29H31Cl2N5O3. The monoisotopic (exact) mass is 567 g/mol. The zero-order valence-corrected chi connectivity index (χ0v) is 23.1. The Bertz CT molecular complexity index is 1350. The number of piperidine rings is 1. The van der Waals surface area contributed by atoms with Gasteiger partial charge in [-0.1, -0.05) is 41.4 Å². The number of nitrogens with one attached hydrogen (secondary N) is 1. The van der Waals surface area contributed by atoms with Crippen molar-refractivity contribution >= 4 is 51.9 Å². The predicted octanol–water partition coefficient (Wildman–Crippen LogP) is 6.47. The predicted molar refractivity (Wildman–Crippen MR) is 158 cm³/mol. The Labute approximate surface area is 238 Å². The van der Waals surface area contributed by atoms with E-state index in [0.717, 1.165) is 81.3 Å². The minimum absolute atomic E-state index is 0.0494. The normalized spacial score (nSPS) is 16.3. The van der Waals surface area contributed by atoms with E-state index in [1.54, 1.807) is 18.2 Å². The van der Waals surface area contributed by atoms with Crippen LogP contribution >= 0.6 is 23.2 Å². The Morgan fingerprint density at radius 1 is 0.821 bits per heavy atom. The highest BCUT2D eigenvalue weighted by Gasteiger charge is 2.24. The summed E-state index contributed by atoms with van der Waals surface area (Å²) in [6.45, 7) is 5.79. The summed E-state index contributed by atoms with van der Waals surface area (Å²) in [7, 11) is 0. The summed E-state index contributed by atoms with van der Waals surface area (Å²) < 4.78 is 0. The number of nitro groups is 1. The van der Waals surface area contributed by atoms with E-state index in [1.165, 1.54) is 6.07 Å². The lowest BCUT2D eigenvalue weighted by Crippen LogP contribution is -2.46. The van der Waals surface area contributed by atoms with E-state index >= 15 is 0 Å². The van der Waals surface area contributed by atoms with Gasteiger partial charge in [0.2, 0.25) is 0 Å². The van der Waals surface area contributed by atoms with E-state index in [2.05, 4.69) is 21.2 Å². The molecule has 8 nitrogen and oxygen atoms in total. The maximum absolute atomic E-state index is 13.0. The number of nitro benzene ring substituents is 1. The van der Waals surface area contributed by atoms with Crippen LogP contribution in [0.4, 0.5) is 22.7 Å². The van der Waals surface area contributed by atoms with Crippen molar-refractivity contribution in [1.82, 2.24) is 4.90 Å². The number of carbonyl (C=O) groups excluding carboxylic acids is 1. The van der Waals surface area contributed by atoms with Crippen LogP contribution in [0.1, 0.15) is 35.2 Å². The maximum atomic E-state index is 13.0. The van der Waals surface area contributed by atoms with Gasteiger partial charge in [0.1, 0.15) is 5.69 Å². The van der Waals surface area contributed by atoms with Gasteiger partial charge in [0, 0.05) is 68.2 Å². The number of nitrogens with zero attached hydrogens (tertiary/aromatic N) is 4. The molecule has 204 valence electrons. The van der Waals surface area contributed by atoms with Crippen molar-refractivity contribution in [2.75, 3.05) is 54.4 Å². The van der Waals surface area contributed by atoms with Crippen LogP contribution in [0.15, 0.2) is 60.7 Å². The highest BCUT2D eigenvalue weighted by atomic mass is 35.5. The number of benzene rings is 3. The molecule has 3 aromatic carbocycles. The first-order chi connectivity index (χ1) is 18.9. The molecule has 0 spiro atoms. The summed E-state index contributed by atoms with van der Waals surface area (Å²) in [6, 6.07) is 18.0. The fraction of sp³-hybridized carbons (Fsp3) is 0.345. The lowest BCUT2D eigenvalue weighted by molar-refractivity contribution is -0.384. The third kappa shape index (κ3) is 6.46. The van der Waals surface area contributed by atoms with Crippen LogP contribution in [0.5, 0.6) is 0 Å². The number of piperazine rings is 1. The van der Waals surface area contributed by atoms with Crippen LogP contribution in [-0.4, -0.2) is 55.0 Å². The summed E-state index contributed by atoms with van der Waals surface area (Å²) in [5, 5.41) is 15.9. The molecule has 2 saturated heterocycles. The summed E-state index contributed by atoms with van der Waals surface area (Å²) in [5.41, 5.74) is 3.32. The van der Waals surface area contributed by atoms with E-state index in [9.17, 15) is 14.9 Å². The van der Waals surface area contributed by atoms with Crippen LogP contribution in [0.3, 0.4) is 0 Å². The fourth-order valence-corrected chi connectivity index (χ4v) is 5.77. The van der Waals surface area contributed by atoms with Gasteiger partial charge in [0.05, 0.1) is 15.6 Å². The van der Waals surface area contributed by atoms with Crippen molar-refractivity contribution in [3.05, 3.63) is 92.0 Å². The Morgan fingerprint density at radius 3 is 2.21 bits per heavy atom. The first-order valence-electron chi connectivity index (χ1n) is 13.2. The van der Waals surface area contributed by atoms with Crippen LogP contribution < -0.4 is 15.1 Å². The fourth-order valence-electron chi connectivity index (χ4n) is 5.27. The average molecular weight is 569 g/mol. The van der Waals surface area contributed by atoms with E-state index < -0.39 is 10.8 Å². The van der Waals surface area contributed by atoms with Gasteiger partial charge in [0.15, 0.2) is 0 Å². The molecule has 39 heavy (non-hydrogen) atoms. The van der Waals surface area contributed by atoms with E-state index in [-0.39, 0.29) is 11.3 Å². The second kappa shape index (κ2) is 12.2. The molecule has 2 heterocycles. The Kier molecular flexibility index (Phi) is 8.55. The molecule has 0 aromatic heterocycles. The molecule has 0 unspecified atom stereocenters. The molecule has 2 aliphatic rings. The molecule has 0 saturated carbocycles. The van der Waals surface area contributed by atoms with Gasteiger partial charge in [-0.3, -0.25) is 19.8 Å². The van der Waals surface area contributed by atoms with Gasteiger partial charge in [-0.05, 0) is 61.2 Å². The van der Waals surface area contributed by atoms with E-state index in [4.69, 9.17) is 23.2 Å². The maximum Gasteiger partial charge on any atom is 0.293 e. The molecule has 0 atom stereocenters. The molecule has 0 aliphatic carbocycles. The largest absolute Gasteiger partial charge is 0.368 e. The molecule has 2 aliphatic heterocycles. The first-order valence-corrected chi connectivity index (χ1v) is 14.0. The third-order valence-electron chi connectivity index (χ3n) is 7.40. The number of hydrogen-bond donors (Lipinski definition) is 1. The smallest absolute Gasteiger partial charge is 0.293 e. The van der Waals surface area contributed by atoms with Gasteiger partial charge < -0.3 is 15.1 Å². The first kappa shape index (κ1) is 27.2. The van der Waals surface area contributed by atoms with Crippen molar-refractivity contribution in [2.45, 2.75) is 25.8 Å². The average Bonchev–Trinajstić information content (AvgIpc) is 2.95. The van der Waals surface area contributed by atoms with Crippen LogP contribution in [0.2, 0.25) is 10.0 Å². The van der Waals surface area contributed by atoms with Crippen molar-refractivity contribution < 1.29 is 9.72 Å². The standard InChI is InChI=1S/C29H31Cl2N5O3/c30-24-7-3-2-6-22(24)20-33-14-16-35(17-15-33)26-11-9-23(19-25(26)31)32-29(37)21-8-10-27(28(18-21)36(38)39)34-12-4-1-5-13-34/h2-3,6-11,18-19H,1,4-5,12-17,20H2,(H,32,37). The number of hydrogen-bond acceptors (Lipinski definition) is 6. The Balaban J connectivity index is 1.22. The molecule has 0 radical (unpaired) electrons. The quantitative estimate of drug-likeness (QED) is 0.260. The summed E-state index contributed by atoms with van der Waals surface area (Å²) in [6.07, 6.45) is 3.15. The molecule has 3 aromatic rings. The van der Waals surface area contributed by atoms with Crippen LogP contribution in [0, 0.1) is 10.1 Å². The van der Waals surface area contributed by atoms with Gasteiger partial charge in [-0.2, -0.15) is 0 Å². The minimum Gasteiger partial charge on any atom is -0.368 e. The second-order valence-electron chi connectivity index (χ2n) is 9.98. The topological polar surface area (TPSA) is 82.0 Å². The molecule has 2 fully saturated rings. The van der Waals surface area contributed by atoms with E-state index in [1.807, 2.05) is 35.2 Å². The van der Waals surface area contributed by atoms with Gasteiger partial charge in [-0.25, -0.2) is 0 Å². The van der Waals surface area contributed by atoms with Gasteiger partial charge in [-0.15, -0.1) is 0 Å². The lowest BCUT2D eigenvalue weighted by Gasteiger charge is -2.36. The van der Waals surface area contributed by atoms with E-state index in [0.29, 0.717) is 16.4 Å². The Morgan fingerprint density at radius 2 is 1.51 bits per heavy atom. The van der Waals surface area contributed by atoms with Crippen LogP contribution in [-0.2, 0) is 6.54 Å². The zero-order valence-electron chi connectivity index (χ0n) is 21.6. The summed E-state index contributed by atoms with van der Waals surface area (Å²) in [4.78, 5) is 31.0. The van der Waals surface area contributed by atoms with Crippen molar-refractivity contribution in [3.8, 4) is 0 Å². The van der Waals surface area contributed by atoms with Crippen molar-refractivity contribution in [3.63, 3.8) is 0 Å². The third-order valence-corrected chi connectivity index (χ3v) is 8.07. The summed E-state index contributed by atoms with van der Waals surface area (Å²) >= 11 is 13.0. The SMILES string of the molecule is O=C(Nc1ccc(N2CCN(Cc3ccccc3Cl)CC2)c(Cl)c1)c1ccc(N2CCCCC2)c([N+](=O)[O-])c1. The lowest BCUT2D eigenvalue weighted by atomic mass is 10.1. The molecule has 10 heteroatoms. The molecule has 1 N–H and O–H groups in total. The Hall–Kier alpha value is -3.33. The molecule has 5 rings (SSSR count). The second-order valence-corrected chi connectivity index (χ2v) is 10.8.